The van der Waals surface area contributed by atoms with Gasteiger partial charge in [-0.1, -0.05) is 26.0 Å². The number of anilines is 1. The number of fused-ring (bicyclic) bond motifs is 1. The molecular weight excluding hydrogens is 246 g/mol. The fraction of sp³-hybridized carbons (Fsp3) is 0.429. The van der Waals surface area contributed by atoms with Gasteiger partial charge in [0, 0.05) is 18.5 Å². The van der Waals surface area contributed by atoms with Gasteiger partial charge in [0.25, 0.3) is 0 Å². The molecule has 1 saturated heterocycles. The van der Waals surface area contributed by atoms with Crippen LogP contribution in [0, 0.1) is 11.8 Å². The molecule has 0 radical (unpaired) electrons. The summed E-state index contributed by atoms with van der Waals surface area (Å²) < 4.78 is 0. The van der Waals surface area contributed by atoms with Gasteiger partial charge in [-0.25, -0.2) is 4.98 Å². The van der Waals surface area contributed by atoms with Crippen LogP contribution in [0.4, 0.5) is 5.82 Å². The Morgan fingerprint density at radius 1 is 1.11 bits per heavy atom. The molecule has 4 heteroatoms. The minimum absolute atomic E-state index is 0.330. The average molecular weight is 262 g/mol. The van der Waals surface area contributed by atoms with E-state index in [1.165, 1.54) is 0 Å². The molecule has 2 aromatic rings. The molecule has 0 spiro atoms. The van der Waals surface area contributed by atoms with E-state index in [0.29, 0.717) is 17.1 Å². The maximum Gasteiger partial charge on any atom is 0.224 e. The molecule has 2 atom stereocenters. The van der Waals surface area contributed by atoms with E-state index in [1.54, 1.807) is 0 Å². The lowest BCUT2D eigenvalue weighted by Crippen LogP contribution is -2.21. The van der Waals surface area contributed by atoms with E-state index in [4.69, 9.17) is 11.6 Å². The minimum Gasteiger partial charge on any atom is -0.355 e. The van der Waals surface area contributed by atoms with E-state index < -0.39 is 0 Å². The molecule has 2 unspecified atom stereocenters. The summed E-state index contributed by atoms with van der Waals surface area (Å²) in [5.41, 5.74) is 0.916. The smallest absolute Gasteiger partial charge is 0.224 e. The number of rotatable bonds is 1. The maximum absolute atomic E-state index is 6.03. The van der Waals surface area contributed by atoms with Crippen molar-refractivity contribution in [2.75, 3.05) is 18.0 Å². The summed E-state index contributed by atoms with van der Waals surface area (Å²) in [6, 6.07) is 8.04. The normalized spacial score (nSPS) is 23.8. The van der Waals surface area contributed by atoms with Crippen LogP contribution in [0.25, 0.3) is 10.9 Å². The van der Waals surface area contributed by atoms with Crippen LogP contribution in [-0.4, -0.2) is 23.1 Å². The third kappa shape index (κ3) is 1.93. The maximum atomic E-state index is 6.03. The van der Waals surface area contributed by atoms with Crippen molar-refractivity contribution >= 4 is 28.3 Å². The van der Waals surface area contributed by atoms with Crippen molar-refractivity contribution in [1.29, 1.82) is 0 Å². The number of para-hydroxylation sites is 1. The highest BCUT2D eigenvalue weighted by Crippen LogP contribution is 2.31. The predicted molar refractivity (Wildman–Crippen MR) is 75.1 cm³/mol. The number of aromatic nitrogens is 2. The average Bonchev–Trinajstić information content (AvgIpc) is 2.68. The van der Waals surface area contributed by atoms with E-state index >= 15 is 0 Å². The molecule has 0 N–H and O–H groups in total. The lowest BCUT2D eigenvalue weighted by atomic mass is 10.0. The second kappa shape index (κ2) is 4.39. The molecule has 3 nitrogen and oxygen atoms in total. The summed E-state index contributed by atoms with van der Waals surface area (Å²) >= 11 is 6.03. The molecule has 1 aliphatic heterocycles. The molecular formula is C14H16ClN3. The Morgan fingerprint density at radius 2 is 1.78 bits per heavy atom. The third-order valence-electron chi connectivity index (χ3n) is 3.84. The molecule has 1 aromatic carbocycles. The highest BCUT2D eigenvalue weighted by atomic mass is 35.5. The van der Waals surface area contributed by atoms with Gasteiger partial charge in [-0.05, 0) is 35.6 Å². The van der Waals surface area contributed by atoms with E-state index in [0.717, 1.165) is 29.8 Å². The summed E-state index contributed by atoms with van der Waals surface area (Å²) in [6.07, 6.45) is 0. The Hall–Kier alpha value is -1.35. The minimum atomic E-state index is 0.330. The molecule has 1 aromatic heterocycles. The number of halogens is 1. The van der Waals surface area contributed by atoms with Gasteiger partial charge in [0.2, 0.25) is 5.28 Å². The standard InChI is InChI=1S/C14H16ClN3/c1-9-7-18(8-10(9)2)13-11-5-3-4-6-12(11)16-14(15)17-13/h3-6,9-10H,7-8H2,1-2H3. The highest BCUT2D eigenvalue weighted by molar-refractivity contribution is 6.28. The molecule has 94 valence electrons. The lowest BCUT2D eigenvalue weighted by Gasteiger charge is -2.19. The van der Waals surface area contributed by atoms with Crippen LogP contribution < -0.4 is 4.90 Å². The Labute approximate surface area is 112 Å². The molecule has 0 amide bonds. The Morgan fingerprint density at radius 3 is 2.50 bits per heavy atom. The molecule has 0 bridgehead atoms. The number of nitrogens with zero attached hydrogens (tertiary/aromatic N) is 3. The molecule has 2 heterocycles. The SMILES string of the molecule is CC1CN(c2nc(Cl)nc3ccccc23)CC1C. The number of benzene rings is 1. The largest absolute Gasteiger partial charge is 0.355 e. The van der Waals surface area contributed by atoms with Crippen molar-refractivity contribution in [2.24, 2.45) is 11.8 Å². The highest BCUT2D eigenvalue weighted by Gasteiger charge is 2.28. The van der Waals surface area contributed by atoms with Gasteiger partial charge in [-0.2, -0.15) is 4.98 Å². The topological polar surface area (TPSA) is 29.0 Å². The molecule has 18 heavy (non-hydrogen) atoms. The lowest BCUT2D eigenvalue weighted by molar-refractivity contribution is 0.494. The van der Waals surface area contributed by atoms with Gasteiger partial charge in [-0.3, -0.25) is 0 Å². The van der Waals surface area contributed by atoms with Gasteiger partial charge >= 0.3 is 0 Å². The van der Waals surface area contributed by atoms with Gasteiger partial charge < -0.3 is 4.90 Å². The zero-order valence-electron chi connectivity index (χ0n) is 10.6. The fourth-order valence-electron chi connectivity index (χ4n) is 2.58. The van der Waals surface area contributed by atoms with Crippen LogP contribution in [-0.2, 0) is 0 Å². The van der Waals surface area contributed by atoms with Crippen molar-refractivity contribution in [3.63, 3.8) is 0 Å². The van der Waals surface area contributed by atoms with E-state index in [1.807, 2.05) is 18.2 Å². The van der Waals surface area contributed by atoms with Crippen molar-refractivity contribution < 1.29 is 0 Å². The van der Waals surface area contributed by atoms with Crippen LogP contribution in [0.1, 0.15) is 13.8 Å². The number of hydrogen-bond donors (Lipinski definition) is 0. The monoisotopic (exact) mass is 261 g/mol. The quantitative estimate of drug-likeness (QED) is 0.737. The fourth-order valence-corrected chi connectivity index (χ4v) is 2.75. The Balaban J connectivity index is 2.11. The first-order valence-corrected chi connectivity index (χ1v) is 6.70. The zero-order valence-corrected chi connectivity index (χ0v) is 11.4. The zero-order chi connectivity index (χ0) is 12.7. The van der Waals surface area contributed by atoms with Crippen molar-refractivity contribution in [3.8, 4) is 0 Å². The number of hydrogen-bond acceptors (Lipinski definition) is 3. The summed E-state index contributed by atoms with van der Waals surface area (Å²) in [4.78, 5) is 11.0. The van der Waals surface area contributed by atoms with Crippen molar-refractivity contribution in [1.82, 2.24) is 9.97 Å². The van der Waals surface area contributed by atoms with Crippen LogP contribution in [0.15, 0.2) is 24.3 Å². The summed E-state index contributed by atoms with van der Waals surface area (Å²) in [5, 5.41) is 1.42. The third-order valence-corrected chi connectivity index (χ3v) is 4.01. The first-order chi connectivity index (χ1) is 8.65. The molecule has 3 rings (SSSR count). The Kier molecular flexibility index (Phi) is 2.86. The van der Waals surface area contributed by atoms with Crippen LogP contribution in [0.2, 0.25) is 5.28 Å². The van der Waals surface area contributed by atoms with E-state index in [2.05, 4.69) is 34.8 Å². The van der Waals surface area contributed by atoms with E-state index in [9.17, 15) is 0 Å². The molecule has 0 saturated carbocycles. The van der Waals surface area contributed by atoms with Crippen LogP contribution >= 0.6 is 11.6 Å². The predicted octanol–water partition coefficient (Wildman–Crippen LogP) is 3.38. The molecule has 0 aliphatic carbocycles. The van der Waals surface area contributed by atoms with Crippen molar-refractivity contribution in [3.05, 3.63) is 29.5 Å². The van der Waals surface area contributed by atoms with E-state index in [-0.39, 0.29) is 0 Å². The van der Waals surface area contributed by atoms with Gasteiger partial charge in [0.15, 0.2) is 0 Å². The first-order valence-electron chi connectivity index (χ1n) is 6.32. The first kappa shape index (κ1) is 11.7. The summed E-state index contributed by atoms with van der Waals surface area (Å²) in [6.45, 7) is 6.66. The van der Waals surface area contributed by atoms with Gasteiger partial charge in [0.05, 0.1) is 5.52 Å². The molecule has 1 aliphatic rings. The van der Waals surface area contributed by atoms with Crippen LogP contribution in [0.5, 0.6) is 0 Å². The van der Waals surface area contributed by atoms with Crippen molar-refractivity contribution in [2.45, 2.75) is 13.8 Å². The Bertz CT molecular complexity index is 574. The molecule has 1 fully saturated rings. The van der Waals surface area contributed by atoms with Gasteiger partial charge in [-0.15, -0.1) is 0 Å². The van der Waals surface area contributed by atoms with Crippen LogP contribution in [0.3, 0.4) is 0 Å². The summed E-state index contributed by atoms with van der Waals surface area (Å²) in [7, 11) is 0. The second-order valence-corrected chi connectivity index (χ2v) is 5.53. The van der Waals surface area contributed by atoms with Gasteiger partial charge in [0.1, 0.15) is 5.82 Å². The summed E-state index contributed by atoms with van der Waals surface area (Å²) in [5.74, 6) is 2.36. The second-order valence-electron chi connectivity index (χ2n) is 5.19.